The van der Waals surface area contributed by atoms with E-state index >= 15 is 0 Å². The van der Waals surface area contributed by atoms with Gasteiger partial charge in [-0.05, 0) is 37.8 Å². The van der Waals surface area contributed by atoms with Crippen LogP contribution in [0.3, 0.4) is 0 Å². The SMILES string of the molecule is O=C(NCc1ccccc1F)C1CCC(C(=O)NCc2ccccc2F)CC1. The third kappa shape index (κ3) is 5.15. The van der Waals surface area contributed by atoms with E-state index in [0.717, 1.165) is 0 Å². The minimum Gasteiger partial charge on any atom is -0.352 e. The van der Waals surface area contributed by atoms with Gasteiger partial charge in [-0.3, -0.25) is 9.59 Å². The van der Waals surface area contributed by atoms with Gasteiger partial charge < -0.3 is 10.6 Å². The van der Waals surface area contributed by atoms with Gasteiger partial charge >= 0.3 is 0 Å². The van der Waals surface area contributed by atoms with Crippen LogP contribution < -0.4 is 10.6 Å². The minimum absolute atomic E-state index is 0.103. The zero-order valence-electron chi connectivity index (χ0n) is 15.6. The topological polar surface area (TPSA) is 58.2 Å². The Morgan fingerprint density at radius 2 is 1.07 bits per heavy atom. The average molecular weight is 386 g/mol. The molecule has 0 spiro atoms. The molecule has 3 rings (SSSR count). The summed E-state index contributed by atoms with van der Waals surface area (Å²) in [6, 6.07) is 12.7. The highest BCUT2D eigenvalue weighted by Crippen LogP contribution is 2.29. The lowest BCUT2D eigenvalue weighted by molar-refractivity contribution is -0.130. The molecule has 1 saturated carbocycles. The van der Waals surface area contributed by atoms with Crippen molar-refractivity contribution in [3.05, 3.63) is 71.3 Å². The van der Waals surface area contributed by atoms with Crippen molar-refractivity contribution in [3.63, 3.8) is 0 Å². The molecule has 1 fully saturated rings. The monoisotopic (exact) mass is 386 g/mol. The number of benzene rings is 2. The molecule has 0 atom stereocenters. The summed E-state index contributed by atoms with van der Waals surface area (Å²) in [4.78, 5) is 24.7. The molecule has 0 aromatic heterocycles. The Kier molecular flexibility index (Phi) is 6.74. The van der Waals surface area contributed by atoms with E-state index in [4.69, 9.17) is 0 Å². The van der Waals surface area contributed by atoms with Gasteiger partial charge in [0.25, 0.3) is 0 Å². The van der Waals surface area contributed by atoms with Crippen LogP contribution in [-0.2, 0) is 22.7 Å². The average Bonchev–Trinajstić information content (AvgIpc) is 2.72. The van der Waals surface area contributed by atoms with E-state index in [9.17, 15) is 18.4 Å². The Bertz CT molecular complexity index is 763. The van der Waals surface area contributed by atoms with E-state index in [0.29, 0.717) is 36.8 Å². The second-order valence-corrected chi connectivity index (χ2v) is 7.17. The summed E-state index contributed by atoms with van der Waals surface area (Å²) < 4.78 is 27.2. The number of hydrogen-bond donors (Lipinski definition) is 2. The number of nitrogens with one attached hydrogen (secondary N) is 2. The van der Waals surface area contributed by atoms with Gasteiger partial charge in [-0.2, -0.15) is 0 Å². The first-order chi connectivity index (χ1) is 13.5. The summed E-state index contributed by atoms with van der Waals surface area (Å²) in [6.45, 7) is 0.323. The second-order valence-electron chi connectivity index (χ2n) is 7.17. The fourth-order valence-corrected chi connectivity index (χ4v) is 3.55. The lowest BCUT2D eigenvalue weighted by Gasteiger charge is -2.27. The van der Waals surface area contributed by atoms with Crippen LogP contribution in [0.25, 0.3) is 0 Å². The van der Waals surface area contributed by atoms with E-state index < -0.39 is 0 Å². The fraction of sp³-hybridized carbons (Fsp3) is 0.364. The third-order valence-corrected chi connectivity index (χ3v) is 5.29. The van der Waals surface area contributed by atoms with Crippen LogP contribution in [0.1, 0.15) is 36.8 Å². The number of carbonyl (C=O) groups excluding carboxylic acids is 2. The number of hydrogen-bond acceptors (Lipinski definition) is 2. The Balaban J connectivity index is 1.42. The summed E-state index contributed by atoms with van der Waals surface area (Å²) in [5.41, 5.74) is 0.911. The molecule has 148 valence electrons. The lowest BCUT2D eigenvalue weighted by atomic mass is 9.81. The smallest absolute Gasteiger partial charge is 0.223 e. The highest BCUT2D eigenvalue weighted by Gasteiger charge is 2.29. The number of rotatable bonds is 6. The summed E-state index contributed by atoms with van der Waals surface area (Å²) in [7, 11) is 0. The van der Waals surface area contributed by atoms with Gasteiger partial charge in [0.05, 0.1) is 0 Å². The lowest BCUT2D eigenvalue weighted by Crippen LogP contribution is -2.37. The van der Waals surface area contributed by atoms with Crippen molar-refractivity contribution in [3.8, 4) is 0 Å². The van der Waals surface area contributed by atoms with Crippen LogP contribution in [0.4, 0.5) is 8.78 Å². The molecule has 1 aliphatic carbocycles. The van der Waals surface area contributed by atoms with E-state index in [1.165, 1.54) is 12.1 Å². The largest absolute Gasteiger partial charge is 0.352 e. The van der Waals surface area contributed by atoms with Gasteiger partial charge in [0.1, 0.15) is 11.6 Å². The van der Waals surface area contributed by atoms with Crippen molar-refractivity contribution in [1.29, 1.82) is 0 Å². The third-order valence-electron chi connectivity index (χ3n) is 5.29. The van der Waals surface area contributed by atoms with E-state index in [1.807, 2.05) is 0 Å². The van der Waals surface area contributed by atoms with E-state index in [-0.39, 0.29) is 48.4 Å². The Hall–Kier alpha value is -2.76. The molecule has 2 N–H and O–H groups in total. The van der Waals surface area contributed by atoms with Gasteiger partial charge in [-0.1, -0.05) is 36.4 Å². The van der Waals surface area contributed by atoms with Gasteiger partial charge in [0, 0.05) is 36.1 Å². The van der Waals surface area contributed by atoms with Crippen LogP contribution in [0.5, 0.6) is 0 Å². The first kappa shape index (κ1) is 20.0. The van der Waals surface area contributed by atoms with Crippen LogP contribution in [0.15, 0.2) is 48.5 Å². The van der Waals surface area contributed by atoms with Crippen molar-refractivity contribution in [2.75, 3.05) is 0 Å². The highest BCUT2D eigenvalue weighted by atomic mass is 19.1. The molecule has 0 bridgehead atoms. The molecule has 0 unspecified atom stereocenters. The summed E-state index contributed by atoms with van der Waals surface area (Å²) >= 11 is 0. The number of carbonyl (C=O) groups is 2. The van der Waals surface area contributed by atoms with Crippen molar-refractivity contribution < 1.29 is 18.4 Å². The van der Waals surface area contributed by atoms with Crippen molar-refractivity contribution in [2.24, 2.45) is 11.8 Å². The summed E-state index contributed by atoms with van der Waals surface area (Å²) in [5.74, 6) is -1.21. The van der Waals surface area contributed by atoms with Crippen molar-refractivity contribution in [1.82, 2.24) is 10.6 Å². The van der Waals surface area contributed by atoms with Gasteiger partial charge in [-0.25, -0.2) is 8.78 Å². The molecule has 2 aromatic carbocycles. The first-order valence-corrected chi connectivity index (χ1v) is 9.57. The maximum Gasteiger partial charge on any atom is 0.223 e. The molecule has 2 amide bonds. The molecular formula is C22H24F2N2O2. The molecule has 2 aromatic rings. The molecule has 0 heterocycles. The fourth-order valence-electron chi connectivity index (χ4n) is 3.55. The Morgan fingerprint density at radius 1 is 0.714 bits per heavy atom. The van der Waals surface area contributed by atoms with Crippen molar-refractivity contribution in [2.45, 2.75) is 38.8 Å². The van der Waals surface area contributed by atoms with Gasteiger partial charge in [0.15, 0.2) is 0 Å². The molecule has 0 saturated heterocycles. The maximum absolute atomic E-state index is 13.6. The van der Waals surface area contributed by atoms with Crippen molar-refractivity contribution >= 4 is 11.8 Å². The van der Waals surface area contributed by atoms with Gasteiger partial charge in [-0.15, -0.1) is 0 Å². The van der Waals surface area contributed by atoms with Crippen LogP contribution in [0.2, 0.25) is 0 Å². The molecule has 1 aliphatic rings. The van der Waals surface area contributed by atoms with Crippen LogP contribution >= 0.6 is 0 Å². The molecular weight excluding hydrogens is 362 g/mol. The molecule has 0 aliphatic heterocycles. The molecule has 0 radical (unpaired) electrons. The maximum atomic E-state index is 13.6. The van der Waals surface area contributed by atoms with Crippen LogP contribution in [-0.4, -0.2) is 11.8 Å². The molecule has 28 heavy (non-hydrogen) atoms. The second kappa shape index (κ2) is 9.44. The first-order valence-electron chi connectivity index (χ1n) is 9.57. The quantitative estimate of drug-likeness (QED) is 0.795. The number of amides is 2. The highest BCUT2D eigenvalue weighted by molar-refractivity contribution is 5.81. The van der Waals surface area contributed by atoms with Crippen LogP contribution in [0, 0.1) is 23.5 Å². The zero-order valence-corrected chi connectivity index (χ0v) is 15.6. The minimum atomic E-state index is -0.335. The molecule has 6 heteroatoms. The van der Waals surface area contributed by atoms with E-state index in [2.05, 4.69) is 10.6 Å². The Labute approximate surface area is 163 Å². The van der Waals surface area contributed by atoms with E-state index in [1.54, 1.807) is 36.4 Å². The summed E-state index contributed by atoms with van der Waals surface area (Å²) in [5, 5.41) is 5.57. The summed E-state index contributed by atoms with van der Waals surface area (Å²) in [6.07, 6.45) is 2.45. The zero-order chi connectivity index (χ0) is 19.9. The number of halogens is 2. The standard InChI is InChI=1S/C22H24F2N2O2/c23-19-7-3-1-5-17(19)13-25-21(27)15-9-11-16(12-10-15)22(28)26-14-18-6-2-4-8-20(18)24/h1-8,15-16H,9-14H2,(H,25,27)(H,26,28). The predicted molar refractivity (Wildman–Crippen MR) is 102 cm³/mol. The molecule has 4 nitrogen and oxygen atoms in total. The predicted octanol–water partition coefficient (Wildman–Crippen LogP) is 3.70. The van der Waals surface area contributed by atoms with Gasteiger partial charge in [0.2, 0.25) is 11.8 Å². The Morgan fingerprint density at radius 3 is 1.43 bits per heavy atom. The normalized spacial score (nSPS) is 19.1.